The third-order valence-corrected chi connectivity index (χ3v) is 4.30. The lowest BCUT2D eigenvalue weighted by Crippen LogP contribution is -2.88. The maximum Gasteiger partial charge on any atom is 0.111 e. The minimum Gasteiger partial charge on any atom is -0.339 e. The molecule has 0 unspecified atom stereocenters. The average Bonchev–Trinajstić information content (AvgIpc) is 2.63. The highest BCUT2D eigenvalue weighted by Crippen LogP contribution is 2.16. The molecular weight excluding hydrogens is 190 g/mol. The van der Waals surface area contributed by atoms with Crippen LogP contribution in [0, 0.1) is 6.92 Å². The maximum atomic E-state index is 2.55. The summed E-state index contributed by atoms with van der Waals surface area (Å²) in [5, 5.41) is 4.76. The van der Waals surface area contributed by atoms with E-state index in [0.29, 0.717) is 0 Å². The second kappa shape index (κ2) is 4.94. The van der Waals surface area contributed by atoms with Crippen molar-refractivity contribution in [3.05, 3.63) is 21.9 Å². The Morgan fingerprint density at radius 3 is 2.79 bits per heavy atom. The van der Waals surface area contributed by atoms with Crippen LogP contribution in [-0.4, -0.2) is 6.04 Å². The van der Waals surface area contributed by atoms with Crippen molar-refractivity contribution in [3.63, 3.8) is 0 Å². The van der Waals surface area contributed by atoms with E-state index >= 15 is 0 Å². The highest BCUT2D eigenvalue weighted by atomic mass is 32.1. The Morgan fingerprint density at radius 1 is 1.36 bits per heavy atom. The average molecular weight is 210 g/mol. The van der Waals surface area contributed by atoms with E-state index in [1.165, 1.54) is 44.2 Å². The normalized spacial score (nSPS) is 18.6. The third kappa shape index (κ3) is 2.58. The van der Waals surface area contributed by atoms with Crippen LogP contribution >= 0.6 is 11.3 Å². The zero-order valence-corrected chi connectivity index (χ0v) is 9.78. The Morgan fingerprint density at radius 2 is 2.14 bits per heavy atom. The Labute approximate surface area is 90.5 Å². The minimum atomic E-state index is 0.908. The molecule has 1 heterocycles. The molecule has 1 nitrogen and oxygen atoms in total. The fourth-order valence-electron chi connectivity index (χ4n) is 2.26. The van der Waals surface area contributed by atoms with Gasteiger partial charge in [0.15, 0.2) is 0 Å². The summed E-state index contributed by atoms with van der Waals surface area (Å²) in [7, 11) is 0. The van der Waals surface area contributed by atoms with E-state index < -0.39 is 0 Å². The monoisotopic (exact) mass is 210 g/mol. The molecule has 1 aliphatic rings. The molecular formula is C12H20NS+. The second-order valence-electron chi connectivity index (χ2n) is 4.36. The fraction of sp³-hybridized carbons (Fsp3) is 0.667. The largest absolute Gasteiger partial charge is 0.339 e. The predicted molar refractivity (Wildman–Crippen MR) is 61.6 cm³/mol. The molecule has 2 N–H and O–H groups in total. The number of rotatable bonds is 3. The van der Waals surface area contributed by atoms with Crippen LogP contribution in [0.1, 0.15) is 42.5 Å². The van der Waals surface area contributed by atoms with Gasteiger partial charge < -0.3 is 5.32 Å². The lowest BCUT2D eigenvalue weighted by molar-refractivity contribution is -0.706. The first-order valence-corrected chi connectivity index (χ1v) is 6.60. The van der Waals surface area contributed by atoms with Crippen LogP contribution in [0.5, 0.6) is 0 Å². The molecule has 1 aliphatic carbocycles. The lowest BCUT2D eigenvalue weighted by atomic mass is 9.95. The third-order valence-electron chi connectivity index (χ3n) is 3.25. The molecule has 1 aromatic rings. The van der Waals surface area contributed by atoms with Gasteiger partial charge in [-0.05, 0) is 49.6 Å². The number of thiophene rings is 1. The molecule has 1 aromatic heterocycles. The quantitative estimate of drug-likeness (QED) is 0.789. The van der Waals surface area contributed by atoms with Gasteiger partial charge in [-0.15, -0.1) is 11.3 Å². The molecule has 2 rings (SSSR count). The number of quaternary nitrogens is 1. The van der Waals surface area contributed by atoms with Gasteiger partial charge in [0.05, 0.1) is 10.9 Å². The Bertz CT molecular complexity index is 274. The van der Waals surface area contributed by atoms with Crippen molar-refractivity contribution in [2.24, 2.45) is 0 Å². The smallest absolute Gasteiger partial charge is 0.111 e. The van der Waals surface area contributed by atoms with Crippen molar-refractivity contribution < 1.29 is 5.32 Å². The van der Waals surface area contributed by atoms with E-state index in [0.717, 1.165) is 6.04 Å². The summed E-state index contributed by atoms with van der Waals surface area (Å²) in [5.74, 6) is 0. The Kier molecular flexibility index (Phi) is 3.60. The van der Waals surface area contributed by atoms with Gasteiger partial charge in [-0.1, -0.05) is 6.42 Å². The summed E-state index contributed by atoms with van der Waals surface area (Å²) in [6.07, 6.45) is 7.23. The number of hydrogen-bond acceptors (Lipinski definition) is 1. The number of nitrogens with two attached hydrogens (primary N) is 1. The molecule has 1 saturated carbocycles. The molecule has 0 radical (unpaired) electrons. The van der Waals surface area contributed by atoms with Crippen LogP contribution in [0.2, 0.25) is 0 Å². The summed E-state index contributed by atoms with van der Waals surface area (Å²) in [4.78, 5) is 1.57. The van der Waals surface area contributed by atoms with Gasteiger partial charge in [-0.25, -0.2) is 0 Å². The topological polar surface area (TPSA) is 16.6 Å². The maximum absolute atomic E-state index is 2.55. The summed E-state index contributed by atoms with van der Waals surface area (Å²) in [6, 6.07) is 3.14. The van der Waals surface area contributed by atoms with E-state index in [2.05, 4.69) is 23.7 Å². The molecule has 0 atom stereocenters. The van der Waals surface area contributed by atoms with Crippen molar-refractivity contribution in [2.75, 3.05) is 0 Å². The van der Waals surface area contributed by atoms with E-state index in [4.69, 9.17) is 0 Å². The van der Waals surface area contributed by atoms with Crippen molar-refractivity contribution in [1.82, 2.24) is 0 Å². The lowest BCUT2D eigenvalue weighted by Gasteiger charge is -2.19. The zero-order valence-electron chi connectivity index (χ0n) is 8.96. The molecule has 78 valence electrons. The summed E-state index contributed by atoms with van der Waals surface area (Å²) in [6.45, 7) is 3.43. The first-order chi connectivity index (χ1) is 6.86. The van der Waals surface area contributed by atoms with E-state index in [-0.39, 0.29) is 0 Å². The van der Waals surface area contributed by atoms with Crippen LogP contribution in [0.15, 0.2) is 11.4 Å². The number of hydrogen-bond donors (Lipinski definition) is 1. The molecule has 1 fully saturated rings. The molecule has 0 saturated heterocycles. The Balaban J connectivity index is 1.79. The molecule has 0 aromatic carbocycles. The minimum absolute atomic E-state index is 0.908. The molecule has 14 heavy (non-hydrogen) atoms. The summed E-state index contributed by atoms with van der Waals surface area (Å²) >= 11 is 1.91. The van der Waals surface area contributed by atoms with Gasteiger partial charge in [0, 0.05) is 0 Å². The van der Waals surface area contributed by atoms with Crippen LogP contribution in [0.4, 0.5) is 0 Å². The van der Waals surface area contributed by atoms with Crippen LogP contribution in [0.25, 0.3) is 0 Å². The van der Waals surface area contributed by atoms with Crippen molar-refractivity contribution >= 4 is 11.3 Å². The summed E-state index contributed by atoms with van der Waals surface area (Å²) < 4.78 is 0. The van der Waals surface area contributed by atoms with Crippen molar-refractivity contribution in [3.8, 4) is 0 Å². The van der Waals surface area contributed by atoms with Gasteiger partial charge in [-0.2, -0.15) is 0 Å². The van der Waals surface area contributed by atoms with Crippen molar-refractivity contribution in [2.45, 2.75) is 51.6 Å². The Hall–Kier alpha value is -0.340. The highest BCUT2D eigenvalue weighted by molar-refractivity contribution is 7.10. The predicted octanol–water partition coefficient (Wildman–Crippen LogP) is 2.45. The van der Waals surface area contributed by atoms with Crippen molar-refractivity contribution in [1.29, 1.82) is 0 Å². The molecule has 0 aliphatic heterocycles. The SMILES string of the molecule is Cc1ccsc1C[NH2+]C1CCCCC1. The van der Waals surface area contributed by atoms with Gasteiger partial charge in [-0.3, -0.25) is 0 Å². The molecule has 0 bridgehead atoms. The van der Waals surface area contributed by atoms with Crippen LogP contribution in [-0.2, 0) is 6.54 Å². The van der Waals surface area contributed by atoms with Gasteiger partial charge in [0.1, 0.15) is 6.54 Å². The standard InChI is InChI=1S/C12H19NS/c1-10-7-8-14-12(10)9-13-11-5-3-2-4-6-11/h7-8,11,13H,2-6,9H2,1H3/p+1. The summed E-state index contributed by atoms with van der Waals surface area (Å²) in [5.41, 5.74) is 1.47. The molecule has 0 amide bonds. The van der Waals surface area contributed by atoms with E-state index in [1.807, 2.05) is 11.3 Å². The fourth-order valence-corrected chi connectivity index (χ4v) is 3.14. The van der Waals surface area contributed by atoms with Crippen LogP contribution in [0.3, 0.4) is 0 Å². The zero-order chi connectivity index (χ0) is 9.80. The van der Waals surface area contributed by atoms with Crippen LogP contribution < -0.4 is 5.32 Å². The molecule has 2 heteroatoms. The first-order valence-electron chi connectivity index (χ1n) is 5.72. The van der Waals surface area contributed by atoms with E-state index in [9.17, 15) is 0 Å². The van der Waals surface area contributed by atoms with E-state index in [1.54, 1.807) is 4.88 Å². The molecule has 0 spiro atoms. The number of aryl methyl sites for hydroxylation is 1. The second-order valence-corrected chi connectivity index (χ2v) is 5.37. The van der Waals surface area contributed by atoms with Gasteiger partial charge in [0.25, 0.3) is 0 Å². The highest BCUT2D eigenvalue weighted by Gasteiger charge is 2.16. The van der Waals surface area contributed by atoms with Gasteiger partial charge >= 0.3 is 0 Å². The van der Waals surface area contributed by atoms with Gasteiger partial charge in [0.2, 0.25) is 0 Å². The first kappa shape index (κ1) is 10.2.